The Bertz CT molecular complexity index is 749. The summed E-state index contributed by atoms with van der Waals surface area (Å²) in [7, 11) is 0. The van der Waals surface area contributed by atoms with Crippen LogP contribution in [0.3, 0.4) is 0 Å². The lowest BCUT2D eigenvalue weighted by Gasteiger charge is -2.18. The Balaban J connectivity index is 1.99. The van der Waals surface area contributed by atoms with Gasteiger partial charge in [-0.1, -0.05) is 26.8 Å². The number of rotatable bonds is 3. The highest BCUT2D eigenvalue weighted by Gasteiger charge is 2.22. The first-order chi connectivity index (χ1) is 11.3. The molecule has 0 unspecified atom stereocenters. The summed E-state index contributed by atoms with van der Waals surface area (Å²) in [6, 6.07) is 10.2. The molecule has 0 saturated heterocycles. The predicted octanol–water partition coefficient (Wildman–Crippen LogP) is 3.39. The van der Waals surface area contributed by atoms with E-state index in [1.54, 1.807) is 57.2 Å². The number of carbonyl (C=O) groups is 2. The average molecular weight is 345 g/mol. The number of thiocarbonyl (C=S) groups is 1. The molecule has 0 atom stereocenters. The quantitative estimate of drug-likeness (QED) is 0.743. The van der Waals surface area contributed by atoms with Gasteiger partial charge in [-0.05, 0) is 42.5 Å². The van der Waals surface area contributed by atoms with E-state index in [-0.39, 0.29) is 22.7 Å². The van der Waals surface area contributed by atoms with Gasteiger partial charge < -0.3 is 20.4 Å². The number of furan rings is 1. The van der Waals surface area contributed by atoms with E-state index in [0.29, 0.717) is 11.4 Å². The van der Waals surface area contributed by atoms with Crippen LogP contribution in [0.15, 0.2) is 47.1 Å². The number of hydrogen-bond acceptors (Lipinski definition) is 4. The molecule has 0 aliphatic rings. The Hall–Kier alpha value is -2.67. The molecule has 6 nitrogen and oxygen atoms in total. The van der Waals surface area contributed by atoms with Gasteiger partial charge in [0.1, 0.15) is 0 Å². The highest BCUT2D eigenvalue weighted by atomic mass is 32.1. The molecule has 2 amide bonds. The highest BCUT2D eigenvalue weighted by Crippen LogP contribution is 2.17. The Morgan fingerprint density at radius 2 is 1.71 bits per heavy atom. The molecule has 0 saturated carbocycles. The van der Waals surface area contributed by atoms with Crippen LogP contribution < -0.4 is 16.0 Å². The first-order valence-electron chi connectivity index (χ1n) is 7.33. The van der Waals surface area contributed by atoms with Gasteiger partial charge >= 0.3 is 0 Å². The SMILES string of the molecule is CC(C)(C)C(=O)NC(=S)Nc1cccc(NC(=O)c2ccco2)c1. The fourth-order valence-electron chi connectivity index (χ4n) is 1.73. The molecule has 0 bridgehead atoms. The van der Waals surface area contributed by atoms with E-state index < -0.39 is 5.41 Å². The van der Waals surface area contributed by atoms with E-state index in [1.165, 1.54) is 6.26 Å². The third-order valence-electron chi connectivity index (χ3n) is 3.03. The predicted molar refractivity (Wildman–Crippen MR) is 96.9 cm³/mol. The van der Waals surface area contributed by atoms with Crippen molar-refractivity contribution in [2.75, 3.05) is 10.6 Å². The maximum absolute atomic E-state index is 12.0. The molecule has 0 fully saturated rings. The van der Waals surface area contributed by atoms with Crippen molar-refractivity contribution < 1.29 is 14.0 Å². The zero-order valence-corrected chi connectivity index (χ0v) is 14.5. The van der Waals surface area contributed by atoms with Gasteiger partial charge in [0.25, 0.3) is 5.91 Å². The summed E-state index contributed by atoms with van der Waals surface area (Å²) in [5, 5.41) is 8.47. The lowest BCUT2D eigenvalue weighted by Crippen LogP contribution is -2.41. The second kappa shape index (κ2) is 7.27. The molecule has 0 aliphatic carbocycles. The molecule has 1 heterocycles. The third kappa shape index (κ3) is 4.92. The number of amides is 2. The second-order valence-corrected chi connectivity index (χ2v) is 6.58. The minimum absolute atomic E-state index is 0.178. The Kier molecular flexibility index (Phi) is 5.35. The van der Waals surface area contributed by atoms with Crippen molar-refractivity contribution in [1.29, 1.82) is 0 Å². The molecule has 7 heteroatoms. The van der Waals surface area contributed by atoms with Crippen molar-refractivity contribution in [1.82, 2.24) is 5.32 Å². The number of benzene rings is 1. The van der Waals surface area contributed by atoms with Gasteiger partial charge in [0.15, 0.2) is 10.9 Å². The van der Waals surface area contributed by atoms with Crippen molar-refractivity contribution in [2.45, 2.75) is 20.8 Å². The van der Waals surface area contributed by atoms with E-state index in [1.807, 2.05) is 0 Å². The van der Waals surface area contributed by atoms with Crippen LogP contribution in [0.2, 0.25) is 0 Å². The lowest BCUT2D eigenvalue weighted by molar-refractivity contribution is -0.126. The number of nitrogens with one attached hydrogen (secondary N) is 3. The largest absolute Gasteiger partial charge is 0.459 e. The van der Waals surface area contributed by atoms with Crippen LogP contribution in [0.4, 0.5) is 11.4 Å². The molecule has 24 heavy (non-hydrogen) atoms. The molecular weight excluding hydrogens is 326 g/mol. The molecule has 1 aromatic carbocycles. The van der Waals surface area contributed by atoms with Crippen molar-refractivity contribution in [3.8, 4) is 0 Å². The summed E-state index contributed by atoms with van der Waals surface area (Å²) in [6.07, 6.45) is 1.43. The van der Waals surface area contributed by atoms with E-state index in [9.17, 15) is 9.59 Å². The first kappa shape index (κ1) is 17.7. The molecule has 126 valence electrons. The number of hydrogen-bond donors (Lipinski definition) is 3. The van der Waals surface area contributed by atoms with Gasteiger partial charge in [-0.15, -0.1) is 0 Å². The molecular formula is C17H19N3O3S. The summed E-state index contributed by atoms with van der Waals surface area (Å²) >= 11 is 5.13. The van der Waals surface area contributed by atoms with Crippen LogP contribution in [0, 0.1) is 5.41 Å². The van der Waals surface area contributed by atoms with Crippen molar-refractivity contribution in [3.63, 3.8) is 0 Å². The smallest absolute Gasteiger partial charge is 0.291 e. The monoisotopic (exact) mass is 345 g/mol. The minimum Gasteiger partial charge on any atom is -0.459 e. The number of carbonyl (C=O) groups excluding carboxylic acids is 2. The van der Waals surface area contributed by atoms with Crippen LogP contribution in [-0.2, 0) is 4.79 Å². The van der Waals surface area contributed by atoms with Gasteiger partial charge in [-0.25, -0.2) is 0 Å². The van der Waals surface area contributed by atoms with Crippen molar-refractivity contribution >= 4 is 40.5 Å². The van der Waals surface area contributed by atoms with Gasteiger partial charge in [-0.2, -0.15) is 0 Å². The normalized spacial score (nSPS) is 10.8. The zero-order chi connectivity index (χ0) is 17.7. The van der Waals surface area contributed by atoms with E-state index >= 15 is 0 Å². The first-order valence-corrected chi connectivity index (χ1v) is 7.74. The molecule has 0 spiro atoms. The van der Waals surface area contributed by atoms with Crippen LogP contribution in [0.5, 0.6) is 0 Å². The fourth-order valence-corrected chi connectivity index (χ4v) is 1.94. The zero-order valence-electron chi connectivity index (χ0n) is 13.7. The summed E-state index contributed by atoms with van der Waals surface area (Å²) in [5.41, 5.74) is 0.683. The van der Waals surface area contributed by atoms with Crippen LogP contribution in [-0.4, -0.2) is 16.9 Å². The maximum atomic E-state index is 12.0. The van der Waals surface area contributed by atoms with Gasteiger partial charge in [-0.3, -0.25) is 9.59 Å². The molecule has 2 rings (SSSR count). The number of anilines is 2. The fraction of sp³-hybridized carbons (Fsp3) is 0.235. The topological polar surface area (TPSA) is 83.4 Å². The Morgan fingerprint density at radius 1 is 1.04 bits per heavy atom. The van der Waals surface area contributed by atoms with Crippen LogP contribution >= 0.6 is 12.2 Å². The second-order valence-electron chi connectivity index (χ2n) is 6.17. The molecule has 0 aliphatic heterocycles. The lowest BCUT2D eigenvalue weighted by atomic mass is 9.96. The minimum atomic E-state index is -0.537. The van der Waals surface area contributed by atoms with E-state index in [2.05, 4.69) is 16.0 Å². The van der Waals surface area contributed by atoms with Gasteiger partial charge in [0, 0.05) is 16.8 Å². The van der Waals surface area contributed by atoms with Gasteiger partial charge in [0.2, 0.25) is 5.91 Å². The standard InChI is InChI=1S/C17H19N3O3S/c1-17(2,3)15(22)20-16(24)19-12-7-4-6-11(10-12)18-14(21)13-8-5-9-23-13/h4-10H,1-3H3,(H,18,21)(H2,19,20,22,24). The third-order valence-corrected chi connectivity index (χ3v) is 3.24. The van der Waals surface area contributed by atoms with E-state index in [4.69, 9.17) is 16.6 Å². The Labute approximate surface area is 145 Å². The molecule has 0 radical (unpaired) electrons. The summed E-state index contributed by atoms with van der Waals surface area (Å²) < 4.78 is 5.04. The van der Waals surface area contributed by atoms with Crippen LogP contribution in [0.1, 0.15) is 31.3 Å². The van der Waals surface area contributed by atoms with Gasteiger partial charge in [0.05, 0.1) is 6.26 Å². The maximum Gasteiger partial charge on any atom is 0.291 e. The molecule has 1 aromatic heterocycles. The summed E-state index contributed by atoms with van der Waals surface area (Å²) in [4.78, 5) is 23.9. The molecule has 3 N–H and O–H groups in total. The van der Waals surface area contributed by atoms with Crippen molar-refractivity contribution in [3.05, 3.63) is 48.4 Å². The average Bonchev–Trinajstić information content (AvgIpc) is 3.00. The summed E-state index contributed by atoms with van der Waals surface area (Å²) in [6.45, 7) is 5.40. The molecule has 2 aromatic rings. The van der Waals surface area contributed by atoms with Crippen LogP contribution in [0.25, 0.3) is 0 Å². The van der Waals surface area contributed by atoms with Crippen molar-refractivity contribution in [2.24, 2.45) is 5.41 Å². The highest BCUT2D eigenvalue weighted by molar-refractivity contribution is 7.80. The Morgan fingerprint density at radius 3 is 2.29 bits per heavy atom. The van der Waals surface area contributed by atoms with E-state index in [0.717, 1.165) is 0 Å². The summed E-state index contributed by atoms with van der Waals surface area (Å²) in [5.74, 6) is -0.302.